The number of rotatable bonds is 2. The SMILES string of the molecule is CC1CCC(C2CCCCC2C(C)C)C(C)C1. The predicted molar refractivity (Wildman–Crippen MR) is 76.0 cm³/mol. The third-order valence-corrected chi connectivity index (χ3v) is 5.78. The molecule has 0 amide bonds. The van der Waals surface area contributed by atoms with Crippen LogP contribution in [0.25, 0.3) is 0 Å². The molecule has 0 heterocycles. The van der Waals surface area contributed by atoms with Crippen LogP contribution in [0.3, 0.4) is 0 Å². The van der Waals surface area contributed by atoms with Crippen molar-refractivity contribution in [2.24, 2.45) is 35.5 Å². The van der Waals surface area contributed by atoms with Crippen molar-refractivity contribution in [3.63, 3.8) is 0 Å². The van der Waals surface area contributed by atoms with Crippen molar-refractivity contribution in [1.82, 2.24) is 0 Å². The first-order valence-corrected chi connectivity index (χ1v) is 8.09. The van der Waals surface area contributed by atoms with Gasteiger partial charge >= 0.3 is 0 Å². The molecule has 0 heteroatoms. The molecular formula is C17H32. The summed E-state index contributed by atoms with van der Waals surface area (Å²) in [5, 5.41) is 0. The van der Waals surface area contributed by atoms with Crippen LogP contribution in [0.5, 0.6) is 0 Å². The fourth-order valence-electron chi connectivity index (χ4n) is 4.87. The summed E-state index contributed by atoms with van der Waals surface area (Å²) in [5.41, 5.74) is 0. The fraction of sp³-hybridized carbons (Fsp3) is 1.00. The molecule has 2 rings (SSSR count). The van der Waals surface area contributed by atoms with E-state index in [0.29, 0.717) is 0 Å². The topological polar surface area (TPSA) is 0 Å². The van der Waals surface area contributed by atoms with Crippen molar-refractivity contribution < 1.29 is 0 Å². The van der Waals surface area contributed by atoms with Gasteiger partial charge in [0.2, 0.25) is 0 Å². The van der Waals surface area contributed by atoms with E-state index in [0.717, 1.165) is 35.5 Å². The lowest BCUT2D eigenvalue weighted by atomic mass is 9.61. The fourth-order valence-corrected chi connectivity index (χ4v) is 4.87. The lowest BCUT2D eigenvalue weighted by molar-refractivity contribution is 0.0527. The Balaban J connectivity index is 2.03. The zero-order valence-corrected chi connectivity index (χ0v) is 12.4. The molecule has 2 aliphatic rings. The van der Waals surface area contributed by atoms with Crippen molar-refractivity contribution in [3.8, 4) is 0 Å². The smallest absolute Gasteiger partial charge is 0.0352 e. The standard InChI is InChI=1S/C17H32/c1-12(2)15-7-5-6-8-17(15)16-10-9-13(3)11-14(16)4/h12-17H,5-11H2,1-4H3. The highest BCUT2D eigenvalue weighted by molar-refractivity contribution is 4.87. The first-order valence-electron chi connectivity index (χ1n) is 8.09. The van der Waals surface area contributed by atoms with Gasteiger partial charge in [-0.2, -0.15) is 0 Å². The van der Waals surface area contributed by atoms with E-state index in [4.69, 9.17) is 0 Å². The summed E-state index contributed by atoms with van der Waals surface area (Å²) in [4.78, 5) is 0. The van der Waals surface area contributed by atoms with E-state index >= 15 is 0 Å². The lowest BCUT2D eigenvalue weighted by Crippen LogP contribution is -2.36. The van der Waals surface area contributed by atoms with Crippen LogP contribution in [0.1, 0.15) is 72.6 Å². The lowest BCUT2D eigenvalue weighted by Gasteiger charge is -2.45. The predicted octanol–water partition coefficient (Wildman–Crippen LogP) is 5.52. The summed E-state index contributed by atoms with van der Waals surface area (Å²) in [6.45, 7) is 9.90. The Labute approximate surface area is 109 Å². The molecule has 5 unspecified atom stereocenters. The van der Waals surface area contributed by atoms with Crippen LogP contribution in [0.4, 0.5) is 0 Å². The second-order valence-corrected chi connectivity index (χ2v) is 7.42. The third kappa shape index (κ3) is 3.06. The van der Waals surface area contributed by atoms with Crippen LogP contribution in [0.15, 0.2) is 0 Å². The molecule has 100 valence electrons. The molecule has 0 N–H and O–H groups in total. The van der Waals surface area contributed by atoms with Crippen molar-refractivity contribution in [1.29, 1.82) is 0 Å². The van der Waals surface area contributed by atoms with E-state index in [1.807, 2.05) is 0 Å². The van der Waals surface area contributed by atoms with Crippen molar-refractivity contribution in [2.45, 2.75) is 72.6 Å². The van der Waals surface area contributed by atoms with Gasteiger partial charge in [-0.3, -0.25) is 0 Å². The normalized spacial score (nSPS) is 43.9. The molecule has 0 saturated heterocycles. The van der Waals surface area contributed by atoms with Crippen LogP contribution < -0.4 is 0 Å². The monoisotopic (exact) mass is 236 g/mol. The summed E-state index contributed by atoms with van der Waals surface area (Å²) >= 11 is 0. The van der Waals surface area contributed by atoms with Gasteiger partial charge in [-0.05, 0) is 61.2 Å². The van der Waals surface area contributed by atoms with E-state index in [-0.39, 0.29) is 0 Å². The number of hydrogen-bond acceptors (Lipinski definition) is 0. The van der Waals surface area contributed by atoms with Gasteiger partial charge in [0.25, 0.3) is 0 Å². The second kappa shape index (κ2) is 5.76. The average molecular weight is 236 g/mol. The summed E-state index contributed by atoms with van der Waals surface area (Å²) < 4.78 is 0. The summed E-state index contributed by atoms with van der Waals surface area (Å²) in [7, 11) is 0. The van der Waals surface area contributed by atoms with Crippen LogP contribution in [-0.4, -0.2) is 0 Å². The minimum atomic E-state index is 0.909. The molecule has 17 heavy (non-hydrogen) atoms. The van der Waals surface area contributed by atoms with Gasteiger partial charge in [-0.1, -0.05) is 47.0 Å². The van der Waals surface area contributed by atoms with Gasteiger partial charge in [0.1, 0.15) is 0 Å². The highest BCUT2D eigenvalue weighted by Crippen LogP contribution is 2.47. The molecule has 0 spiro atoms. The van der Waals surface area contributed by atoms with Crippen LogP contribution in [0, 0.1) is 35.5 Å². The minimum absolute atomic E-state index is 0.909. The van der Waals surface area contributed by atoms with Crippen LogP contribution in [-0.2, 0) is 0 Å². The Kier molecular flexibility index (Phi) is 4.55. The van der Waals surface area contributed by atoms with Crippen LogP contribution in [0.2, 0.25) is 0 Å². The summed E-state index contributed by atoms with van der Waals surface area (Å²) in [5.74, 6) is 6.03. The molecule has 0 aromatic carbocycles. The van der Waals surface area contributed by atoms with E-state index in [9.17, 15) is 0 Å². The molecule has 0 aromatic rings. The zero-order valence-electron chi connectivity index (χ0n) is 12.4. The van der Waals surface area contributed by atoms with Gasteiger partial charge in [-0.15, -0.1) is 0 Å². The quantitative estimate of drug-likeness (QED) is 0.592. The van der Waals surface area contributed by atoms with Crippen molar-refractivity contribution >= 4 is 0 Å². The Morgan fingerprint density at radius 3 is 2.18 bits per heavy atom. The van der Waals surface area contributed by atoms with Gasteiger partial charge < -0.3 is 0 Å². The molecule has 2 fully saturated rings. The first-order chi connectivity index (χ1) is 8.09. The Hall–Kier alpha value is 0. The molecule has 0 aliphatic heterocycles. The van der Waals surface area contributed by atoms with Crippen molar-refractivity contribution in [3.05, 3.63) is 0 Å². The second-order valence-electron chi connectivity index (χ2n) is 7.42. The molecule has 2 aliphatic carbocycles. The highest BCUT2D eigenvalue weighted by atomic mass is 14.4. The molecule has 0 nitrogen and oxygen atoms in total. The zero-order chi connectivity index (χ0) is 12.4. The van der Waals surface area contributed by atoms with E-state index < -0.39 is 0 Å². The van der Waals surface area contributed by atoms with E-state index in [1.54, 1.807) is 0 Å². The Bertz CT molecular complexity index is 230. The van der Waals surface area contributed by atoms with Gasteiger partial charge in [-0.25, -0.2) is 0 Å². The van der Waals surface area contributed by atoms with Gasteiger partial charge in [0.05, 0.1) is 0 Å². The average Bonchev–Trinajstić information content (AvgIpc) is 2.29. The van der Waals surface area contributed by atoms with Crippen LogP contribution >= 0.6 is 0 Å². The molecule has 0 bridgehead atoms. The first kappa shape index (κ1) is 13.4. The summed E-state index contributed by atoms with van der Waals surface area (Å²) in [6.07, 6.45) is 10.6. The Morgan fingerprint density at radius 1 is 0.824 bits per heavy atom. The molecular weight excluding hydrogens is 204 g/mol. The number of hydrogen-bond donors (Lipinski definition) is 0. The molecule has 2 saturated carbocycles. The van der Waals surface area contributed by atoms with Crippen molar-refractivity contribution in [2.75, 3.05) is 0 Å². The largest absolute Gasteiger partial charge is 0.0625 e. The molecule has 0 aromatic heterocycles. The maximum absolute atomic E-state index is 2.53. The van der Waals surface area contributed by atoms with Gasteiger partial charge in [0.15, 0.2) is 0 Å². The van der Waals surface area contributed by atoms with Gasteiger partial charge in [0, 0.05) is 0 Å². The minimum Gasteiger partial charge on any atom is -0.0625 e. The maximum atomic E-state index is 2.53. The summed E-state index contributed by atoms with van der Waals surface area (Å²) in [6, 6.07) is 0. The molecule has 0 radical (unpaired) electrons. The molecule has 5 atom stereocenters. The highest BCUT2D eigenvalue weighted by Gasteiger charge is 2.37. The van der Waals surface area contributed by atoms with E-state index in [2.05, 4.69) is 27.7 Å². The Morgan fingerprint density at radius 2 is 1.53 bits per heavy atom. The maximum Gasteiger partial charge on any atom is -0.0352 e. The third-order valence-electron chi connectivity index (χ3n) is 5.78. The van der Waals surface area contributed by atoms with E-state index in [1.165, 1.54) is 44.9 Å².